The van der Waals surface area contributed by atoms with Gasteiger partial charge in [0, 0.05) is 28.9 Å². The number of methoxy groups -OCH3 is 1. The largest absolute Gasteiger partial charge is 0.477 e. The van der Waals surface area contributed by atoms with Crippen LogP contribution in [0.25, 0.3) is 11.1 Å². The minimum absolute atomic E-state index is 0.355. The van der Waals surface area contributed by atoms with Gasteiger partial charge in [0.25, 0.3) is 6.47 Å². The van der Waals surface area contributed by atoms with Gasteiger partial charge in [-0.2, -0.15) is 0 Å². The summed E-state index contributed by atoms with van der Waals surface area (Å²) in [6, 6.07) is 9.95. The highest BCUT2D eigenvalue weighted by Gasteiger charge is 2.32. The first kappa shape index (κ1) is 18.8. The van der Waals surface area contributed by atoms with Crippen LogP contribution in [0, 0.1) is 12.3 Å². The summed E-state index contributed by atoms with van der Waals surface area (Å²) in [6.07, 6.45) is 5.71. The maximum Gasteiger partial charge on any atom is 0.292 e. The fourth-order valence-corrected chi connectivity index (χ4v) is 2.81. The number of hydrogen-bond acceptors (Lipinski definition) is 5. The fourth-order valence-electron chi connectivity index (χ4n) is 2.81. The van der Waals surface area contributed by atoms with Crippen molar-refractivity contribution in [1.29, 1.82) is 0 Å². The third-order valence-corrected chi connectivity index (χ3v) is 4.52. The molecule has 0 radical (unpaired) electrons. The van der Waals surface area contributed by atoms with Crippen LogP contribution < -0.4 is 10.5 Å². The van der Waals surface area contributed by atoms with Gasteiger partial charge in [-0.15, -0.1) is 0 Å². The van der Waals surface area contributed by atoms with Crippen LogP contribution in [0.4, 0.5) is 5.69 Å². The number of nitrogen functional groups attached to an aromatic ring is 1. The first-order valence-corrected chi connectivity index (χ1v) is 8.39. The van der Waals surface area contributed by atoms with E-state index in [1.807, 2.05) is 30.5 Å². The standard InChI is InChI=1S/C18H22N2O.C2H4O2/c1-13-10-15(19)5-6-16(13)14-4-7-17(20-11-14)21-12-18(2)8-3-9-18;1-4-2-3/h4-7,10-11H,3,8-9,12,19H2,1-2H3;2H,1H3. The monoisotopic (exact) mass is 342 g/mol. The van der Waals surface area contributed by atoms with Crippen LogP contribution in [0.1, 0.15) is 31.7 Å². The zero-order chi connectivity index (χ0) is 18.3. The number of hydrogen-bond donors (Lipinski definition) is 1. The number of aryl methyl sites for hydroxylation is 1. The van der Waals surface area contributed by atoms with Crippen molar-refractivity contribution in [3.05, 3.63) is 42.1 Å². The van der Waals surface area contributed by atoms with Crippen LogP contribution in [0.5, 0.6) is 5.88 Å². The molecule has 1 aliphatic rings. The highest BCUT2D eigenvalue weighted by molar-refractivity contribution is 5.69. The number of nitrogens with zero attached hydrogens (tertiary/aromatic N) is 1. The molecule has 0 saturated heterocycles. The van der Waals surface area contributed by atoms with Gasteiger partial charge in [-0.05, 0) is 49.1 Å². The number of carbonyl (C=O) groups excluding carboxylic acids is 1. The van der Waals surface area contributed by atoms with E-state index in [2.05, 4.69) is 29.6 Å². The number of anilines is 1. The van der Waals surface area contributed by atoms with Crippen molar-refractivity contribution in [3.63, 3.8) is 0 Å². The molecule has 1 saturated carbocycles. The average molecular weight is 342 g/mol. The third-order valence-electron chi connectivity index (χ3n) is 4.52. The van der Waals surface area contributed by atoms with Gasteiger partial charge >= 0.3 is 0 Å². The number of rotatable bonds is 5. The topological polar surface area (TPSA) is 74.4 Å². The molecule has 134 valence electrons. The molecule has 1 aromatic carbocycles. The quantitative estimate of drug-likeness (QED) is 0.657. The molecule has 1 heterocycles. The van der Waals surface area contributed by atoms with Crippen LogP contribution in [0.2, 0.25) is 0 Å². The number of nitrogens with two attached hydrogens (primary N) is 1. The molecular weight excluding hydrogens is 316 g/mol. The molecule has 1 aromatic heterocycles. The molecule has 0 atom stereocenters. The Morgan fingerprint density at radius 3 is 2.48 bits per heavy atom. The molecule has 0 spiro atoms. The Balaban J connectivity index is 0.000000511. The molecule has 0 bridgehead atoms. The molecule has 2 aromatic rings. The number of benzene rings is 1. The van der Waals surface area contributed by atoms with Gasteiger partial charge in [0.1, 0.15) is 0 Å². The summed E-state index contributed by atoms with van der Waals surface area (Å²) in [7, 11) is 1.31. The SMILES string of the molecule is COC=O.Cc1cc(N)ccc1-c1ccc(OCC2(C)CCC2)nc1. The van der Waals surface area contributed by atoms with Gasteiger partial charge in [-0.25, -0.2) is 4.98 Å². The van der Waals surface area contributed by atoms with Gasteiger partial charge in [0.05, 0.1) is 13.7 Å². The van der Waals surface area contributed by atoms with Crippen molar-refractivity contribution in [2.24, 2.45) is 5.41 Å². The fraction of sp³-hybridized carbons (Fsp3) is 0.400. The van der Waals surface area contributed by atoms with Crippen molar-refractivity contribution in [3.8, 4) is 17.0 Å². The lowest BCUT2D eigenvalue weighted by molar-refractivity contribution is -0.126. The Morgan fingerprint density at radius 2 is 2.00 bits per heavy atom. The van der Waals surface area contributed by atoms with Crippen molar-refractivity contribution >= 4 is 12.2 Å². The van der Waals surface area contributed by atoms with Crippen LogP contribution in [-0.2, 0) is 9.53 Å². The van der Waals surface area contributed by atoms with Gasteiger partial charge in [0.15, 0.2) is 0 Å². The highest BCUT2D eigenvalue weighted by atomic mass is 16.5. The Morgan fingerprint density at radius 1 is 1.28 bits per heavy atom. The van der Waals surface area contributed by atoms with E-state index in [-0.39, 0.29) is 0 Å². The van der Waals surface area contributed by atoms with Crippen LogP contribution >= 0.6 is 0 Å². The summed E-state index contributed by atoms with van der Waals surface area (Å²) in [5, 5.41) is 0. The zero-order valence-corrected chi connectivity index (χ0v) is 15.1. The number of aromatic nitrogens is 1. The van der Waals surface area contributed by atoms with E-state index in [0.717, 1.165) is 29.0 Å². The van der Waals surface area contributed by atoms with Gasteiger partial charge in [-0.1, -0.05) is 19.4 Å². The molecule has 2 N–H and O–H groups in total. The predicted molar refractivity (Wildman–Crippen MR) is 99.3 cm³/mol. The Bertz CT molecular complexity index is 695. The average Bonchev–Trinajstić information content (AvgIpc) is 2.59. The molecular formula is C20H26N2O3. The van der Waals surface area contributed by atoms with Crippen LogP contribution in [0.3, 0.4) is 0 Å². The number of pyridine rings is 1. The number of carbonyl (C=O) groups is 1. The molecule has 25 heavy (non-hydrogen) atoms. The summed E-state index contributed by atoms with van der Waals surface area (Å²) in [4.78, 5) is 13.4. The van der Waals surface area contributed by atoms with E-state index in [1.54, 1.807) is 0 Å². The van der Waals surface area contributed by atoms with E-state index in [0.29, 0.717) is 17.8 Å². The van der Waals surface area contributed by atoms with Crippen LogP contribution in [-0.4, -0.2) is 25.2 Å². The molecule has 0 aliphatic heterocycles. The van der Waals surface area contributed by atoms with E-state index < -0.39 is 0 Å². The summed E-state index contributed by atoms with van der Waals surface area (Å²) in [5.41, 5.74) is 10.4. The van der Waals surface area contributed by atoms with Gasteiger partial charge in [0.2, 0.25) is 5.88 Å². The smallest absolute Gasteiger partial charge is 0.292 e. The summed E-state index contributed by atoms with van der Waals surface area (Å²) < 4.78 is 9.68. The first-order valence-electron chi connectivity index (χ1n) is 8.39. The molecule has 0 unspecified atom stereocenters. The van der Waals surface area contributed by atoms with E-state index in [9.17, 15) is 0 Å². The molecule has 5 heteroatoms. The predicted octanol–water partition coefficient (Wildman–Crippen LogP) is 4.00. The summed E-state index contributed by atoms with van der Waals surface area (Å²) >= 11 is 0. The van der Waals surface area contributed by atoms with E-state index in [4.69, 9.17) is 15.3 Å². The van der Waals surface area contributed by atoms with Crippen LogP contribution in [0.15, 0.2) is 36.5 Å². The number of ether oxygens (including phenoxy) is 2. The molecule has 1 fully saturated rings. The normalized spacial score (nSPS) is 14.5. The zero-order valence-electron chi connectivity index (χ0n) is 15.1. The van der Waals surface area contributed by atoms with Gasteiger partial charge < -0.3 is 15.2 Å². The molecule has 5 nitrogen and oxygen atoms in total. The second-order valence-electron chi connectivity index (χ2n) is 6.74. The lowest BCUT2D eigenvalue weighted by Gasteiger charge is -2.37. The molecule has 3 rings (SSSR count). The second kappa shape index (κ2) is 8.51. The first-order chi connectivity index (χ1) is 12.0. The highest BCUT2D eigenvalue weighted by Crippen LogP contribution is 2.40. The molecule has 1 aliphatic carbocycles. The maximum atomic E-state index is 8.95. The minimum atomic E-state index is 0.355. The van der Waals surface area contributed by atoms with Crippen molar-refractivity contribution in [2.45, 2.75) is 33.1 Å². The molecule has 0 amide bonds. The lowest BCUT2D eigenvalue weighted by atomic mass is 9.71. The summed E-state index contributed by atoms with van der Waals surface area (Å²) in [6.45, 7) is 5.48. The lowest BCUT2D eigenvalue weighted by Crippen LogP contribution is -2.32. The van der Waals surface area contributed by atoms with Crippen molar-refractivity contribution in [1.82, 2.24) is 4.98 Å². The van der Waals surface area contributed by atoms with E-state index >= 15 is 0 Å². The van der Waals surface area contributed by atoms with Crippen molar-refractivity contribution < 1.29 is 14.3 Å². The Kier molecular flexibility index (Phi) is 6.39. The Hall–Kier alpha value is -2.56. The maximum absolute atomic E-state index is 8.95. The Labute approximate surface area is 149 Å². The third kappa shape index (κ3) is 5.21. The minimum Gasteiger partial charge on any atom is -0.477 e. The van der Waals surface area contributed by atoms with E-state index in [1.165, 1.54) is 26.4 Å². The second-order valence-corrected chi connectivity index (χ2v) is 6.74. The van der Waals surface area contributed by atoms with Gasteiger partial charge in [-0.3, -0.25) is 4.79 Å². The summed E-state index contributed by atoms with van der Waals surface area (Å²) in [5.74, 6) is 0.708. The van der Waals surface area contributed by atoms with Crippen molar-refractivity contribution in [2.75, 3.05) is 19.5 Å².